The van der Waals surface area contributed by atoms with Crippen molar-refractivity contribution in [3.63, 3.8) is 0 Å². The molecule has 1 amide bonds. The number of nitrogen functional groups attached to an aromatic ring is 1. The van der Waals surface area contributed by atoms with E-state index in [-0.39, 0.29) is 11.3 Å². The number of allylic oxidation sites excluding steroid dienone is 1. The lowest BCUT2D eigenvalue weighted by atomic mass is 10.1. The summed E-state index contributed by atoms with van der Waals surface area (Å²) in [5.41, 5.74) is 6.75. The van der Waals surface area contributed by atoms with Gasteiger partial charge in [0.1, 0.15) is 0 Å². The number of carbonyl (C=O) groups excluding carboxylic acids is 1. The number of rotatable bonds is 4. The van der Waals surface area contributed by atoms with Crippen LogP contribution in [-0.2, 0) is 0 Å². The van der Waals surface area contributed by atoms with Crippen molar-refractivity contribution in [2.45, 2.75) is 25.7 Å². The lowest BCUT2D eigenvalue weighted by Crippen LogP contribution is -2.25. The van der Waals surface area contributed by atoms with E-state index in [4.69, 9.17) is 5.73 Å². The number of amides is 1. The van der Waals surface area contributed by atoms with E-state index in [9.17, 15) is 13.6 Å². The fourth-order valence-corrected chi connectivity index (χ4v) is 2.16. The highest BCUT2D eigenvalue weighted by Crippen LogP contribution is 2.20. The zero-order valence-corrected chi connectivity index (χ0v) is 10.5. The standard InChI is InChI=1S/C14H16F2N2O/c15-11-7-10(13(17)8-12(11)16)14(19)18-6-5-9-3-1-2-4-9/h3,7-8H,1-2,4-6,17H2,(H,18,19). The summed E-state index contributed by atoms with van der Waals surface area (Å²) < 4.78 is 26.0. The Morgan fingerprint density at radius 2 is 2.05 bits per heavy atom. The van der Waals surface area contributed by atoms with Gasteiger partial charge in [0.15, 0.2) is 11.6 Å². The Balaban J connectivity index is 1.94. The summed E-state index contributed by atoms with van der Waals surface area (Å²) in [6, 6.07) is 1.65. The molecular formula is C14H16F2N2O. The Kier molecular flexibility index (Phi) is 4.14. The van der Waals surface area contributed by atoms with Crippen LogP contribution in [0.4, 0.5) is 14.5 Å². The third-order valence-electron chi connectivity index (χ3n) is 3.20. The van der Waals surface area contributed by atoms with E-state index < -0.39 is 17.5 Å². The van der Waals surface area contributed by atoms with E-state index in [1.807, 2.05) is 0 Å². The van der Waals surface area contributed by atoms with Crippen LogP contribution >= 0.6 is 0 Å². The molecule has 0 radical (unpaired) electrons. The van der Waals surface area contributed by atoms with Crippen LogP contribution in [0.15, 0.2) is 23.8 Å². The third-order valence-corrected chi connectivity index (χ3v) is 3.20. The minimum absolute atomic E-state index is 0.0284. The van der Waals surface area contributed by atoms with Gasteiger partial charge in [0, 0.05) is 18.3 Å². The normalized spacial score (nSPS) is 14.3. The molecule has 0 saturated carbocycles. The summed E-state index contributed by atoms with van der Waals surface area (Å²) in [5.74, 6) is -2.60. The average Bonchev–Trinajstić information content (AvgIpc) is 2.86. The second-order valence-electron chi connectivity index (χ2n) is 4.61. The van der Waals surface area contributed by atoms with Crippen LogP contribution in [0, 0.1) is 11.6 Å². The predicted molar refractivity (Wildman–Crippen MR) is 69.7 cm³/mol. The Bertz CT molecular complexity index is 526. The van der Waals surface area contributed by atoms with Crippen molar-refractivity contribution in [3.05, 3.63) is 41.0 Å². The second-order valence-corrected chi connectivity index (χ2v) is 4.61. The zero-order valence-electron chi connectivity index (χ0n) is 10.5. The molecular weight excluding hydrogens is 250 g/mol. The molecule has 1 aromatic carbocycles. The van der Waals surface area contributed by atoms with Crippen LogP contribution < -0.4 is 11.1 Å². The highest BCUT2D eigenvalue weighted by molar-refractivity contribution is 5.99. The van der Waals surface area contributed by atoms with Gasteiger partial charge < -0.3 is 11.1 Å². The van der Waals surface area contributed by atoms with Gasteiger partial charge in [-0.15, -0.1) is 0 Å². The van der Waals surface area contributed by atoms with Crippen molar-refractivity contribution in [2.75, 3.05) is 12.3 Å². The number of nitrogens with one attached hydrogen (secondary N) is 1. The molecule has 2 rings (SSSR count). The van der Waals surface area contributed by atoms with Gasteiger partial charge in [-0.2, -0.15) is 0 Å². The van der Waals surface area contributed by atoms with E-state index in [2.05, 4.69) is 11.4 Å². The zero-order chi connectivity index (χ0) is 13.8. The largest absolute Gasteiger partial charge is 0.398 e. The second kappa shape index (κ2) is 5.82. The molecule has 3 nitrogen and oxygen atoms in total. The van der Waals surface area contributed by atoms with Gasteiger partial charge in [0.05, 0.1) is 5.56 Å². The molecule has 0 unspecified atom stereocenters. The van der Waals surface area contributed by atoms with Gasteiger partial charge in [0.2, 0.25) is 0 Å². The van der Waals surface area contributed by atoms with Crippen molar-refractivity contribution in [1.82, 2.24) is 5.32 Å². The lowest BCUT2D eigenvalue weighted by molar-refractivity contribution is 0.0954. The lowest BCUT2D eigenvalue weighted by Gasteiger charge is -2.08. The first-order valence-corrected chi connectivity index (χ1v) is 6.28. The summed E-state index contributed by atoms with van der Waals surface area (Å²) in [6.07, 6.45) is 6.30. The van der Waals surface area contributed by atoms with Gasteiger partial charge in [-0.3, -0.25) is 4.79 Å². The molecule has 1 aliphatic rings. The molecule has 5 heteroatoms. The van der Waals surface area contributed by atoms with Crippen LogP contribution in [0.3, 0.4) is 0 Å². The molecule has 0 aromatic heterocycles. The van der Waals surface area contributed by atoms with Crippen molar-refractivity contribution >= 4 is 11.6 Å². The van der Waals surface area contributed by atoms with Gasteiger partial charge in [-0.05, 0) is 31.7 Å². The molecule has 19 heavy (non-hydrogen) atoms. The molecule has 1 aromatic rings. The highest BCUT2D eigenvalue weighted by Gasteiger charge is 2.14. The number of benzene rings is 1. The minimum atomic E-state index is -1.07. The predicted octanol–water partition coefficient (Wildman–Crippen LogP) is 2.78. The van der Waals surface area contributed by atoms with Crippen molar-refractivity contribution in [3.8, 4) is 0 Å². The quantitative estimate of drug-likeness (QED) is 0.650. The summed E-state index contributed by atoms with van der Waals surface area (Å²) in [6.45, 7) is 0.475. The first kappa shape index (κ1) is 13.5. The Morgan fingerprint density at radius 3 is 2.74 bits per heavy atom. The van der Waals surface area contributed by atoms with E-state index >= 15 is 0 Å². The Morgan fingerprint density at radius 1 is 1.32 bits per heavy atom. The summed E-state index contributed by atoms with van der Waals surface area (Å²) in [5, 5.41) is 2.66. The molecule has 0 aliphatic heterocycles. The molecule has 0 bridgehead atoms. The first-order chi connectivity index (χ1) is 9.08. The number of nitrogens with two attached hydrogens (primary N) is 1. The van der Waals surface area contributed by atoms with Gasteiger partial charge in [-0.25, -0.2) is 8.78 Å². The minimum Gasteiger partial charge on any atom is -0.398 e. The summed E-state index contributed by atoms with van der Waals surface area (Å²) >= 11 is 0. The molecule has 3 N–H and O–H groups in total. The molecule has 0 heterocycles. The van der Waals surface area contributed by atoms with E-state index in [1.165, 1.54) is 12.0 Å². The van der Waals surface area contributed by atoms with E-state index in [1.54, 1.807) is 0 Å². The molecule has 0 fully saturated rings. The summed E-state index contributed by atoms with van der Waals surface area (Å²) in [7, 11) is 0. The number of hydrogen-bond donors (Lipinski definition) is 2. The maximum absolute atomic E-state index is 13.1. The Hall–Kier alpha value is -1.91. The van der Waals surface area contributed by atoms with E-state index in [0.717, 1.165) is 31.4 Å². The Labute approximate surface area is 110 Å². The number of carbonyl (C=O) groups is 1. The molecule has 0 saturated heterocycles. The highest BCUT2D eigenvalue weighted by atomic mass is 19.2. The van der Waals surface area contributed by atoms with Crippen LogP contribution in [0.2, 0.25) is 0 Å². The van der Waals surface area contributed by atoms with Crippen molar-refractivity contribution in [1.29, 1.82) is 0 Å². The summed E-state index contributed by atoms with van der Waals surface area (Å²) in [4.78, 5) is 11.8. The fourth-order valence-electron chi connectivity index (χ4n) is 2.16. The molecule has 0 spiro atoms. The van der Waals surface area contributed by atoms with Crippen LogP contribution in [-0.4, -0.2) is 12.5 Å². The SMILES string of the molecule is Nc1cc(F)c(F)cc1C(=O)NCCC1=CCCC1. The van der Waals surface area contributed by atoms with Gasteiger partial charge in [-0.1, -0.05) is 11.6 Å². The molecule has 1 aliphatic carbocycles. The molecule has 102 valence electrons. The topological polar surface area (TPSA) is 55.1 Å². The maximum atomic E-state index is 13.1. The fraction of sp³-hybridized carbons (Fsp3) is 0.357. The van der Waals surface area contributed by atoms with Crippen LogP contribution in [0.5, 0.6) is 0 Å². The van der Waals surface area contributed by atoms with Crippen molar-refractivity contribution in [2.24, 2.45) is 0 Å². The number of anilines is 1. The van der Waals surface area contributed by atoms with Crippen molar-refractivity contribution < 1.29 is 13.6 Å². The number of halogens is 2. The average molecular weight is 266 g/mol. The monoisotopic (exact) mass is 266 g/mol. The maximum Gasteiger partial charge on any atom is 0.253 e. The van der Waals surface area contributed by atoms with Crippen LogP contribution in [0.25, 0.3) is 0 Å². The first-order valence-electron chi connectivity index (χ1n) is 6.28. The van der Waals surface area contributed by atoms with Gasteiger partial charge in [0.25, 0.3) is 5.91 Å². The number of hydrogen-bond acceptors (Lipinski definition) is 2. The smallest absolute Gasteiger partial charge is 0.253 e. The third kappa shape index (κ3) is 3.30. The van der Waals surface area contributed by atoms with E-state index in [0.29, 0.717) is 6.54 Å². The van der Waals surface area contributed by atoms with Gasteiger partial charge >= 0.3 is 0 Å². The molecule has 0 atom stereocenters. The van der Waals surface area contributed by atoms with Crippen LogP contribution in [0.1, 0.15) is 36.0 Å².